The number of hydrogen-bond donors (Lipinski definition) is 1. The predicted octanol–water partition coefficient (Wildman–Crippen LogP) is 2.89. The molecule has 0 radical (unpaired) electrons. The second-order valence-electron chi connectivity index (χ2n) is 6.33. The van der Waals surface area contributed by atoms with Gasteiger partial charge in [0.1, 0.15) is 11.6 Å². The van der Waals surface area contributed by atoms with Gasteiger partial charge in [-0.3, -0.25) is 9.59 Å². The molecule has 2 aliphatic carbocycles. The lowest BCUT2D eigenvalue weighted by Crippen LogP contribution is -2.28. The highest BCUT2D eigenvalue weighted by molar-refractivity contribution is 5.86. The standard InChI is InChI=1S/C16H26O3/c1-2-3-4-5-6-7-14(18)16-13-10-12(17)8-11(13)9-15(16)19/h11,13,15-16,19H,2-10H2,1H3/t11-,13+,15+,16-/m0/s1. The number of hydrogen-bond acceptors (Lipinski definition) is 3. The Kier molecular flexibility index (Phi) is 5.14. The molecule has 0 aliphatic heterocycles. The molecule has 0 spiro atoms. The summed E-state index contributed by atoms with van der Waals surface area (Å²) in [6.07, 6.45) is 7.54. The normalized spacial score (nSPS) is 33.7. The molecule has 0 heterocycles. The van der Waals surface area contributed by atoms with Crippen molar-refractivity contribution in [2.45, 2.75) is 70.8 Å². The van der Waals surface area contributed by atoms with Crippen molar-refractivity contribution in [1.29, 1.82) is 0 Å². The third kappa shape index (κ3) is 3.44. The van der Waals surface area contributed by atoms with Gasteiger partial charge in [-0.2, -0.15) is 0 Å². The van der Waals surface area contributed by atoms with Crippen molar-refractivity contribution >= 4 is 11.6 Å². The summed E-state index contributed by atoms with van der Waals surface area (Å²) in [6, 6.07) is 0. The summed E-state index contributed by atoms with van der Waals surface area (Å²) in [7, 11) is 0. The highest BCUT2D eigenvalue weighted by atomic mass is 16.3. The molecular formula is C16H26O3. The molecule has 2 rings (SSSR count). The Morgan fingerprint density at radius 2 is 1.95 bits per heavy atom. The van der Waals surface area contributed by atoms with E-state index in [0.29, 0.717) is 25.7 Å². The van der Waals surface area contributed by atoms with Crippen LogP contribution in [0.1, 0.15) is 64.7 Å². The van der Waals surface area contributed by atoms with Crippen LogP contribution in [0.2, 0.25) is 0 Å². The molecular weight excluding hydrogens is 240 g/mol. The van der Waals surface area contributed by atoms with Gasteiger partial charge in [0, 0.05) is 25.2 Å². The van der Waals surface area contributed by atoms with Crippen LogP contribution in [0.15, 0.2) is 0 Å². The molecule has 0 aromatic heterocycles. The molecule has 0 unspecified atom stereocenters. The van der Waals surface area contributed by atoms with Crippen LogP contribution in [0.5, 0.6) is 0 Å². The average Bonchev–Trinajstić information content (AvgIpc) is 2.83. The summed E-state index contributed by atoms with van der Waals surface area (Å²) in [5.74, 6) is 0.652. The van der Waals surface area contributed by atoms with Crippen LogP contribution in [-0.4, -0.2) is 22.8 Å². The Labute approximate surface area is 115 Å². The summed E-state index contributed by atoms with van der Waals surface area (Å²) in [5, 5.41) is 10.1. The Morgan fingerprint density at radius 1 is 1.21 bits per heavy atom. The zero-order valence-corrected chi connectivity index (χ0v) is 11.9. The van der Waals surface area contributed by atoms with Crippen molar-refractivity contribution in [3.05, 3.63) is 0 Å². The number of Topliss-reactive ketones (excluding diaryl/α,β-unsaturated/α-hetero) is 2. The molecule has 108 valence electrons. The molecule has 2 aliphatic rings. The predicted molar refractivity (Wildman–Crippen MR) is 73.7 cm³/mol. The van der Waals surface area contributed by atoms with E-state index in [9.17, 15) is 14.7 Å². The molecule has 3 nitrogen and oxygen atoms in total. The maximum atomic E-state index is 12.3. The molecule has 1 N–H and O–H groups in total. The second kappa shape index (κ2) is 6.65. The topological polar surface area (TPSA) is 54.4 Å². The zero-order chi connectivity index (χ0) is 13.8. The highest BCUT2D eigenvalue weighted by Crippen LogP contribution is 2.47. The SMILES string of the molecule is CCCCCCCC(=O)[C@@H]1[C@@H]2CC(=O)C[C@H]2C[C@H]1O. The van der Waals surface area contributed by atoms with E-state index >= 15 is 0 Å². The van der Waals surface area contributed by atoms with E-state index in [-0.39, 0.29) is 29.3 Å². The smallest absolute Gasteiger partial charge is 0.138 e. The van der Waals surface area contributed by atoms with Crippen LogP contribution in [-0.2, 0) is 9.59 Å². The molecule has 0 aromatic rings. The van der Waals surface area contributed by atoms with Gasteiger partial charge in [0.05, 0.1) is 6.10 Å². The van der Waals surface area contributed by atoms with Crippen molar-refractivity contribution < 1.29 is 14.7 Å². The highest BCUT2D eigenvalue weighted by Gasteiger charge is 2.50. The van der Waals surface area contributed by atoms with Crippen LogP contribution < -0.4 is 0 Å². The van der Waals surface area contributed by atoms with Crippen molar-refractivity contribution in [1.82, 2.24) is 0 Å². The van der Waals surface area contributed by atoms with Gasteiger partial charge in [0.15, 0.2) is 0 Å². The van der Waals surface area contributed by atoms with E-state index in [1.54, 1.807) is 0 Å². The monoisotopic (exact) mass is 266 g/mol. The van der Waals surface area contributed by atoms with Crippen LogP contribution in [0.4, 0.5) is 0 Å². The van der Waals surface area contributed by atoms with Gasteiger partial charge in [-0.25, -0.2) is 0 Å². The van der Waals surface area contributed by atoms with E-state index in [1.807, 2.05) is 0 Å². The first-order chi connectivity index (χ1) is 9.13. The van der Waals surface area contributed by atoms with Gasteiger partial charge in [-0.1, -0.05) is 32.6 Å². The number of ketones is 2. The lowest BCUT2D eigenvalue weighted by atomic mass is 9.86. The molecule has 0 amide bonds. The first-order valence-electron chi connectivity index (χ1n) is 7.86. The molecule has 2 saturated carbocycles. The van der Waals surface area contributed by atoms with E-state index in [1.165, 1.54) is 19.3 Å². The number of rotatable bonds is 7. The van der Waals surface area contributed by atoms with Crippen molar-refractivity contribution in [2.75, 3.05) is 0 Å². The van der Waals surface area contributed by atoms with E-state index in [0.717, 1.165) is 12.8 Å². The molecule has 0 saturated heterocycles. The van der Waals surface area contributed by atoms with Gasteiger partial charge in [-0.05, 0) is 24.7 Å². The number of aliphatic hydroxyl groups excluding tert-OH is 1. The molecule has 2 fully saturated rings. The van der Waals surface area contributed by atoms with Gasteiger partial charge in [-0.15, -0.1) is 0 Å². The van der Waals surface area contributed by atoms with Crippen LogP contribution >= 0.6 is 0 Å². The average molecular weight is 266 g/mol. The van der Waals surface area contributed by atoms with Crippen LogP contribution in [0, 0.1) is 17.8 Å². The van der Waals surface area contributed by atoms with Crippen molar-refractivity contribution in [3.63, 3.8) is 0 Å². The fraction of sp³-hybridized carbons (Fsp3) is 0.875. The summed E-state index contributed by atoms with van der Waals surface area (Å²) in [4.78, 5) is 23.7. The molecule has 19 heavy (non-hydrogen) atoms. The fourth-order valence-corrected chi connectivity index (χ4v) is 3.90. The maximum absolute atomic E-state index is 12.3. The number of carbonyl (C=O) groups excluding carboxylic acids is 2. The summed E-state index contributed by atoms with van der Waals surface area (Å²) in [5.41, 5.74) is 0. The number of carbonyl (C=O) groups is 2. The van der Waals surface area contributed by atoms with Crippen molar-refractivity contribution in [3.8, 4) is 0 Å². The Balaban J connectivity index is 1.79. The lowest BCUT2D eigenvalue weighted by Gasteiger charge is -2.19. The van der Waals surface area contributed by atoms with E-state index < -0.39 is 6.10 Å². The summed E-state index contributed by atoms with van der Waals surface area (Å²) >= 11 is 0. The Hall–Kier alpha value is -0.700. The first-order valence-corrected chi connectivity index (χ1v) is 7.86. The molecule has 0 bridgehead atoms. The third-order valence-corrected chi connectivity index (χ3v) is 4.88. The van der Waals surface area contributed by atoms with Gasteiger partial charge >= 0.3 is 0 Å². The van der Waals surface area contributed by atoms with Crippen LogP contribution in [0.3, 0.4) is 0 Å². The van der Waals surface area contributed by atoms with Gasteiger partial charge < -0.3 is 5.11 Å². The lowest BCUT2D eigenvalue weighted by molar-refractivity contribution is -0.127. The minimum Gasteiger partial charge on any atom is -0.392 e. The second-order valence-corrected chi connectivity index (χ2v) is 6.33. The Morgan fingerprint density at radius 3 is 2.68 bits per heavy atom. The Bertz CT molecular complexity index is 337. The quantitative estimate of drug-likeness (QED) is 0.721. The van der Waals surface area contributed by atoms with Crippen molar-refractivity contribution in [2.24, 2.45) is 17.8 Å². The number of fused-ring (bicyclic) bond motifs is 1. The molecule has 0 aromatic carbocycles. The fourth-order valence-electron chi connectivity index (χ4n) is 3.90. The summed E-state index contributed by atoms with van der Waals surface area (Å²) < 4.78 is 0. The third-order valence-electron chi connectivity index (χ3n) is 4.88. The van der Waals surface area contributed by atoms with E-state index in [4.69, 9.17) is 0 Å². The molecule has 4 atom stereocenters. The minimum atomic E-state index is -0.494. The summed E-state index contributed by atoms with van der Waals surface area (Å²) in [6.45, 7) is 2.18. The largest absolute Gasteiger partial charge is 0.392 e. The first kappa shape index (κ1) is 14.7. The van der Waals surface area contributed by atoms with Crippen LogP contribution in [0.25, 0.3) is 0 Å². The maximum Gasteiger partial charge on any atom is 0.138 e. The number of aliphatic hydroxyl groups is 1. The molecule has 3 heteroatoms. The van der Waals surface area contributed by atoms with Gasteiger partial charge in [0.25, 0.3) is 0 Å². The number of unbranched alkanes of at least 4 members (excludes halogenated alkanes) is 4. The van der Waals surface area contributed by atoms with E-state index in [2.05, 4.69) is 6.92 Å². The minimum absolute atomic E-state index is 0.144. The zero-order valence-electron chi connectivity index (χ0n) is 11.9. The van der Waals surface area contributed by atoms with Gasteiger partial charge in [0.2, 0.25) is 0 Å².